The van der Waals surface area contributed by atoms with E-state index in [4.69, 9.17) is 0 Å². The van der Waals surface area contributed by atoms with Crippen LogP contribution in [0.4, 0.5) is 0 Å². The molecule has 2 heterocycles. The SMILES string of the molecule is CCCCN1CCC[C@@]2(CCC(=O)N2C)CC1. The Kier molecular flexibility index (Phi) is 4.08. The molecule has 2 aliphatic heterocycles. The smallest absolute Gasteiger partial charge is 0.222 e. The van der Waals surface area contributed by atoms with E-state index in [-0.39, 0.29) is 5.54 Å². The van der Waals surface area contributed by atoms with Crippen molar-refractivity contribution in [1.29, 1.82) is 0 Å². The third-order valence-corrected chi connectivity index (χ3v) is 4.73. The van der Waals surface area contributed by atoms with Gasteiger partial charge in [0.1, 0.15) is 0 Å². The first-order valence-corrected chi connectivity index (χ1v) is 7.17. The van der Waals surface area contributed by atoms with Gasteiger partial charge in [-0.1, -0.05) is 13.3 Å². The van der Waals surface area contributed by atoms with Crippen molar-refractivity contribution in [1.82, 2.24) is 9.80 Å². The molecule has 0 N–H and O–H groups in total. The summed E-state index contributed by atoms with van der Waals surface area (Å²) in [5.41, 5.74) is 0.206. The molecule has 0 bridgehead atoms. The van der Waals surface area contributed by atoms with Crippen molar-refractivity contribution >= 4 is 5.91 Å². The fraction of sp³-hybridized carbons (Fsp3) is 0.929. The third kappa shape index (κ3) is 2.65. The zero-order chi connectivity index (χ0) is 12.3. The molecule has 0 aromatic carbocycles. The van der Waals surface area contributed by atoms with Gasteiger partial charge in [0, 0.05) is 25.6 Å². The molecule has 0 aromatic rings. The number of rotatable bonds is 3. The van der Waals surface area contributed by atoms with Crippen LogP contribution >= 0.6 is 0 Å². The van der Waals surface area contributed by atoms with Crippen molar-refractivity contribution in [3.8, 4) is 0 Å². The molecule has 3 nitrogen and oxygen atoms in total. The van der Waals surface area contributed by atoms with Crippen LogP contribution in [0.2, 0.25) is 0 Å². The maximum absolute atomic E-state index is 11.7. The lowest BCUT2D eigenvalue weighted by molar-refractivity contribution is -0.129. The molecule has 1 spiro atoms. The third-order valence-electron chi connectivity index (χ3n) is 4.73. The minimum Gasteiger partial charge on any atom is -0.340 e. The molecular weight excluding hydrogens is 212 g/mol. The summed E-state index contributed by atoms with van der Waals surface area (Å²) in [6, 6.07) is 0. The van der Waals surface area contributed by atoms with Gasteiger partial charge >= 0.3 is 0 Å². The Hall–Kier alpha value is -0.570. The summed E-state index contributed by atoms with van der Waals surface area (Å²) < 4.78 is 0. The van der Waals surface area contributed by atoms with Gasteiger partial charge in [0.2, 0.25) is 5.91 Å². The Morgan fingerprint density at radius 3 is 2.71 bits per heavy atom. The van der Waals surface area contributed by atoms with E-state index < -0.39 is 0 Å². The molecular formula is C14H26N2O. The summed E-state index contributed by atoms with van der Waals surface area (Å²) in [4.78, 5) is 16.4. The van der Waals surface area contributed by atoms with Crippen LogP contribution in [-0.4, -0.2) is 47.9 Å². The number of nitrogens with zero attached hydrogens (tertiary/aromatic N) is 2. The summed E-state index contributed by atoms with van der Waals surface area (Å²) >= 11 is 0. The van der Waals surface area contributed by atoms with Crippen molar-refractivity contribution in [3.63, 3.8) is 0 Å². The van der Waals surface area contributed by atoms with Gasteiger partial charge in [0.25, 0.3) is 0 Å². The number of hydrogen-bond donors (Lipinski definition) is 0. The van der Waals surface area contributed by atoms with E-state index in [1.54, 1.807) is 0 Å². The van der Waals surface area contributed by atoms with Crippen molar-refractivity contribution in [2.45, 2.75) is 57.4 Å². The highest BCUT2D eigenvalue weighted by Crippen LogP contribution is 2.37. The van der Waals surface area contributed by atoms with E-state index in [9.17, 15) is 4.79 Å². The van der Waals surface area contributed by atoms with Gasteiger partial charge in [-0.2, -0.15) is 0 Å². The minimum absolute atomic E-state index is 0.206. The number of carbonyl (C=O) groups is 1. The molecule has 2 fully saturated rings. The topological polar surface area (TPSA) is 23.6 Å². The predicted molar refractivity (Wildman–Crippen MR) is 69.9 cm³/mol. The highest BCUT2D eigenvalue weighted by Gasteiger charge is 2.43. The fourth-order valence-electron chi connectivity index (χ4n) is 3.37. The van der Waals surface area contributed by atoms with Crippen LogP contribution in [0, 0.1) is 0 Å². The average molecular weight is 238 g/mol. The Labute approximate surface area is 105 Å². The van der Waals surface area contributed by atoms with Gasteiger partial charge in [0.15, 0.2) is 0 Å². The molecule has 3 heteroatoms. The van der Waals surface area contributed by atoms with Crippen LogP contribution in [0.25, 0.3) is 0 Å². The molecule has 2 saturated heterocycles. The van der Waals surface area contributed by atoms with Gasteiger partial charge in [-0.05, 0) is 45.2 Å². The number of hydrogen-bond acceptors (Lipinski definition) is 2. The molecule has 0 aromatic heterocycles. The van der Waals surface area contributed by atoms with E-state index in [1.807, 2.05) is 7.05 Å². The Bertz CT molecular complexity index is 279. The van der Waals surface area contributed by atoms with Crippen LogP contribution in [0.3, 0.4) is 0 Å². The molecule has 0 aliphatic carbocycles. The van der Waals surface area contributed by atoms with Crippen LogP contribution in [0.1, 0.15) is 51.9 Å². The number of carbonyl (C=O) groups excluding carboxylic acids is 1. The van der Waals surface area contributed by atoms with Gasteiger partial charge in [-0.3, -0.25) is 4.79 Å². The van der Waals surface area contributed by atoms with E-state index >= 15 is 0 Å². The molecule has 0 radical (unpaired) electrons. The average Bonchev–Trinajstić information content (AvgIpc) is 2.55. The van der Waals surface area contributed by atoms with Crippen LogP contribution < -0.4 is 0 Å². The number of likely N-dealkylation sites (tertiary alicyclic amines) is 2. The highest BCUT2D eigenvalue weighted by atomic mass is 16.2. The maximum atomic E-state index is 11.7. The highest BCUT2D eigenvalue weighted by molar-refractivity contribution is 5.79. The molecule has 0 unspecified atom stereocenters. The van der Waals surface area contributed by atoms with Gasteiger partial charge in [-0.15, -0.1) is 0 Å². The monoisotopic (exact) mass is 238 g/mol. The molecule has 2 rings (SSSR count). The normalized spacial score (nSPS) is 31.2. The lowest BCUT2D eigenvalue weighted by Crippen LogP contribution is -2.43. The Morgan fingerprint density at radius 2 is 2.06 bits per heavy atom. The molecule has 0 saturated carbocycles. The number of amides is 1. The molecule has 98 valence electrons. The van der Waals surface area contributed by atoms with E-state index in [0.29, 0.717) is 5.91 Å². The first kappa shape index (κ1) is 12.9. The lowest BCUT2D eigenvalue weighted by atomic mass is 9.88. The second-order valence-electron chi connectivity index (χ2n) is 5.73. The van der Waals surface area contributed by atoms with Crippen molar-refractivity contribution in [2.24, 2.45) is 0 Å². The summed E-state index contributed by atoms with van der Waals surface area (Å²) in [7, 11) is 2.01. The van der Waals surface area contributed by atoms with Gasteiger partial charge in [0.05, 0.1) is 0 Å². The summed E-state index contributed by atoms with van der Waals surface area (Å²) in [5.74, 6) is 0.354. The lowest BCUT2D eigenvalue weighted by Gasteiger charge is -2.35. The fourth-order valence-corrected chi connectivity index (χ4v) is 3.37. The first-order valence-electron chi connectivity index (χ1n) is 7.17. The van der Waals surface area contributed by atoms with Gasteiger partial charge in [-0.25, -0.2) is 0 Å². The second-order valence-corrected chi connectivity index (χ2v) is 5.73. The van der Waals surface area contributed by atoms with Crippen molar-refractivity contribution in [2.75, 3.05) is 26.7 Å². The van der Waals surface area contributed by atoms with Crippen LogP contribution in [0.15, 0.2) is 0 Å². The summed E-state index contributed by atoms with van der Waals surface area (Å²) in [5, 5.41) is 0. The van der Waals surface area contributed by atoms with E-state index in [0.717, 1.165) is 12.8 Å². The van der Waals surface area contributed by atoms with Gasteiger partial charge < -0.3 is 9.80 Å². The first-order chi connectivity index (χ1) is 8.18. The largest absolute Gasteiger partial charge is 0.340 e. The molecule has 17 heavy (non-hydrogen) atoms. The van der Waals surface area contributed by atoms with E-state index in [2.05, 4.69) is 16.7 Å². The van der Waals surface area contributed by atoms with Crippen LogP contribution in [0.5, 0.6) is 0 Å². The molecule has 1 atom stereocenters. The van der Waals surface area contributed by atoms with Crippen molar-refractivity contribution in [3.05, 3.63) is 0 Å². The second kappa shape index (κ2) is 5.38. The number of unbranched alkanes of at least 4 members (excludes halogenated alkanes) is 1. The standard InChI is InChI=1S/C14H26N2O/c1-3-4-10-16-11-5-7-14(9-12-16)8-6-13(17)15(14)2/h3-12H2,1-2H3/t14-/m1/s1. The zero-order valence-electron chi connectivity index (χ0n) is 11.4. The Morgan fingerprint density at radius 1 is 1.24 bits per heavy atom. The molecule has 2 aliphatic rings. The Balaban J connectivity index is 1.93. The zero-order valence-corrected chi connectivity index (χ0v) is 11.4. The summed E-state index contributed by atoms with van der Waals surface area (Å²) in [6.45, 7) is 5.90. The quantitative estimate of drug-likeness (QED) is 0.753. The summed E-state index contributed by atoms with van der Waals surface area (Å²) in [6.07, 6.45) is 8.08. The predicted octanol–water partition coefficient (Wildman–Crippen LogP) is 2.26. The van der Waals surface area contributed by atoms with E-state index in [1.165, 1.54) is 51.7 Å². The minimum atomic E-state index is 0.206. The van der Waals surface area contributed by atoms with Crippen LogP contribution in [-0.2, 0) is 4.79 Å². The maximum Gasteiger partial charge on any atom is 0.222 e. The molecule has 1 amide bonds. The van der Waals surface area contributed by atoms with Crippen molar-refractivity contribution < 1.29 is 4.79 Å².